The second kappa shape index (κ2) is 4.96. The van der Waals surface area contributed by atoms with Gasteiger partial charge in [-0.3, -0.25) is 0 Å². The van der Waals surface area contributed by atoms with E-state index in [0.29, 0.717) is 0 Å². The van der Waals surface area contributed by atoms with Crippen molar-refractivity contribution in [3.8, 4) is 5.75 Å². The van der Waals surface area contributed by atoms with Crippen LogP contribution in [0.2, 0.25) is 0 Å². The van der Waals surface area contributed by atoms with Crippen LogP contribution in [0.4, 0.5) is 4.39 Å². The number of halogens is 1. The molecule has 0 heterocycles. The predicted octanol–water partition coefficient (Wildman–Crippen LogP) is 2.95. The maximum absolute atomic E-state index is 12.9. The van der Waals surface area contributed by atoms with E-state index in [1.165, 1.54) is 12.1 Å². The summed E-state index contributed by atoms with van der Waals surface area (Å²) in [4.78, 5) is 10.9. The van der Waals surface area contributed by atoms with Gasteiger partial charge in [0, 0.05) is 0 Å². The SMILES string of the molecule is CC(C)C(C)Oc1ccc(F)cc1C(=O)O. The molecule has 3 nitrogen and oxygen atoms in total. The Morgan fingerprint density at radius 1 is 1.38 bits per heavy atom. The number of ether oxygens (including phenoxy) is 1. The van der Waals surface area contributed by atoms with Crippen LogP contribution in [0.1, 0.15) is 31.1 Å². The van der Waals surface area contributed by atoms with Gasteiger partial charge in [-0.25, -0.2) is 9.18 Å². The van der Waals surface area contributed by atoms with E-state index in [2.05, 4.69) is 0 Å². The Morgan fingerprint density at radius 3 is 2.50 bits per heavy atom. The zero-order chi connectivity index (χ0) is 12.3. The molecule has 1 N–H and O–H groups in total. The van der Waals surface area contributed by atoms with Crippen LogP contribution in [0, 0.1) is 11.7 Å². The summed E-state index contributed by atoms with van der Waals surface area (Å²) < 4.78 is 18.4. The first-order valence-corrected chi connectivity index (χ1v) is 5.11. The van der Waals surface area contributed by atoms with Crippen LogP contribution in [-0.2, 0) is 0 Å². The van der Waals surface area contributed by atoms with Crippen LogP contribution in [0.3, 0.4) is 0 Å². The molecule has 4 heteroatoms. The molecule has 0 spiro atoms. The summed E-state index contributed by atoms with van der Waals surface area (Å²) in [5.41, 5.74) is -0.146. The van der Waals surface area contributed by atoms with Crippen molar-refractivity contribution < 1.29 is 19.0 Å². The number of carboxylic acids is 1. The Kier molecular flexibility index (Phi) is 3.88. The highest BCUT2D eigenvalue weighted by molar-refractivity contribution is 5.90. The van der Waals surface area contributed by atoms with E-state index in [4.69, 9.17) is 9.84 Å². The van der Waals surface area contributed by atoms with E-state index in [1.54, 1.807) is 0 Å². The van der Waals surface area contributed by atoms with Crippen molar-refractivity contribution in [2.45, 2.75) is 26.9 Å². The summed E-state index contributed by atoms with van der Waals surface area (Å²) in [5.74, 6) is -1.31. The Bertz CT molecular complexity index is 388. The lowest BCUT2D eigenvalue weighted by Gasteiger charge is -2.19. The van der Waals surface area contributed by atoms with Gasteiger partial charge in [0.2, 0.25) is 0 Å². The summed E-state index contributed by atoms with van der Waals surface area (Å²) in [6, 6.07) is 3.50. The molecular formula is C12H15FO3. The normalized spacial score (nSPS) is 12.6. The van der Waals surface area contributed by atoms with Crippen LogP contribution in [0.25, 0.3) is 0 Å². The average molecular weight is 226 g/mol. The predicted molar refractivity (Wildman–Crippen MR) is 58.3 cm³/mol. The van der Waals surface area contributed by atoms with Gasteiger partial charge in [-0.1, -0.05) is 13.8 Å². The van der Waals surface area contributed by atoms with E-state index >= 15 is 0 Å². The zero-order valence-corrected chi connectivity index (χ0v) is 9.53. The van der Waals surface area contributed by atoms with Crippen molar-refractivity contribution in [3.05, 3.63) is 29.6 Å². The van der Waals surface area contributed by atoms with Gasteiger partial charge < -0.3 is 9.84 Å². The monoisotopic (exact) mass is 226 g/mol. The minimum Gasteiger partial charge on any atom is -0.490 e. The van der Waals surface area contributed by atoms with Gasteiger partial charge in [0.1, 0.15) is 17.1 Å². The van der Waals surface area contributed by atoms with Gasteiger partial charge in [-0.2, -0.15) is 0 Å². The van der Waals surface area contributed by atoms with Crippen LogP contribution in [0.5, 0.6) is 5.75 Å². The van der Waals surface area contributed by atoms with E-state index in [9.17, 15) is 9.18 Å². The highest BCUT2D eigenvalue weighted by atomic mass is 19.1. The molecule has 16 heavy (non-hydrogen) atoms. The standard InChI is InChI=1S/C12H15FO3/c1-7(2)8(3)16-11-5-4-9(13)6-10(11)12(14)15/h4-8H,1-3H3,(H,14,15). The van der Waals surface area contributed by atoms with Crippen LogP contribution in [-0.4, -0.2) is 17.2 Å². The largest absolute Gasteiger partial charge is 0.490 e. The second-order valence-electron chi connectivity index (χ2n) is 4.01. The fourth-order valence-electron chi connectivity index (χ4n) is 1.11. The van der Waals surface area contributed by atoms with E-state index in [-0.39, 0.29) is 23.3 Å². The molecule has 1 atom stereocenters. The van der Waals surface area contributed by atoms with E-state index in [1.807, 2.05) is 20.8 Å². The molecule has 0 aliphatic rings. The first-order valence-electron chi connectivity index (χ1n) is 5.11. The molecule has 0 aliphatic carbocycles. The topological polar surface area (TPSA) is 46.5 Å². The van der Waals surface area contributed by atoms with Crippen molar-refractivity contribution in [2.24, 2.45) is 5.92 Å². The molecule has 0 bridgehead atoms. The number of hydrogen-bond donors (Lipinski definition) is 1. The van der Waals surface area contributed by atoms with Gasteiger partial charge in [0.05, 0.1) is 6.10 Å². The quantitative estimate of drug-likeness (QED) is 0.858. The van der Waals surface area contributed by atoms with Crippen LogP contribution < -0.4 is 4.74 Å². The van der Waals surface area contributed by atoms with Crippen LogP contribution in [0.15, 0.2) is 18.2 Å². The minimum absolute atomic E-state index is 0.122. The molecule has 0 fully saturated rings. The van der Waals surface area contributed by atoms with Gasteiger partial charge >= 0.3 is 5.97 Å². The average Bonchev–Trinajstić information content (AvgIpc) is 2.20. The summed E-state index contributed by atoms with van der Waals surface area (Å²) in [6.45, 7) is 5.78. The van der Waals surface area contributed by atoms with Crippen molar-refractivity contribution in [3.63, 3.8) is 0 Å². The molecule has 0 aromatic heterocycles. The second-order valence-corrected chi connectivity index (χ2v) is 4.01. The van der Waals surface area contributed by atoms with Crippen molar-refractivity contribution >= 4 is 5.97 Å². The van der Waals surface area contributed by atoms with Gasteiger partial charge in [-0.15, -0.1) is 0 Å². The van der Waals surface area contributed by atoms with Gasteiger partial charge in [0.25, 0.3) is 0 Å². The Labute approximate surface area is 93.9 Å². The lowest BCUT2D eigenvalue weighted by atomic mass is 10.1. The number of aromatic carboxylic acids is 1. The van der Waals surface area contributed by atoms with Gasteiger partial charge in [-0.05, 0) is 31.0 Å². The first-order chi connectivity index (χ1) is 7.41. The smallest absolute Gasteiger partial charge is 0.339 e. The van der Waals surface area contributed by atoms with E-state index < -0.39 is 11.8 Å². The molecule has 0 saturated carbocycles. The molecule has 1 aromatic carbocycles. The molecule has 1 aromatic rings. The number of carboxylic acid groups (broad SMARTS) is 1. The number of hydrogen-bond acceptors (Lipinski definition) is 2. The lowest BCUT2D eigenvalue weighted by molar-refractivity contribution is 0.0686. The Morgan fingerprint density at radius 2 is 2.00 bits per heavy atom. The maximum atomic E-state index is 12.9. The lowest BCUT2D eigenvalue weighted by Crippen LogP contribution is -2.20. The molecule has 0 amide bonds. The summed E-state index contributed by atoms with van der Waals surface area (Å²) in [5, 5.41) is 8.89. The van der Waals surface area contributed by atoms with Gasteiger partial charge in [0.15, 0.2) is 0 Å². The molecule has 1 unspecified atom stereocenters. The first kappa shape index (κ1) is 12.5. The minimum atomic E-state index is -1.19. The molecule has 0 aliphatic heterocycles. The third-order valence-electron chi connectivity index (χ3n) is 2.42. The highest BCUT2D eigenvalue weighted by Gasteiger charge is 2.16. The molecule has 0 saturated heterocycles. The van der Waals surface area contributed by atoms with Crippen molar-refractivity contribution in [1.82, 2.24) is 0 Å². The number of benzene rings is 1. The molecule has 0 radical (unpaired) electrons. The van der Waals surface area contributed by atoms with E-state index in [0.717, 1.165) is 6.07 Å². The fraction of sp³-hybridized carbons (Fsp3) is 0.417. The number of carbonyl (C=O) groups is 1. The summed E-state index contributed by atoms with van der Waals surface area (Å²) in [6.07, 6.45) is -0.122. The molecular weight excluding hydrogens is 211 g/mol. The Balaban J connectivity index is 2.99. The zero-order valence-electron chi connectivity index (χ0n) is 9.53. The third-order valence-corrected chi connectivity index (χ3v) is 2.42. The fourth-order valence-corrected chi connectivity index (χ4v) is 1.11. The number of rotatable bonds is 4. The Hall–Kier alpha value is -1.58. The summed E-state index contributed by atoms with van der Waals surface area (Å²) in [7, 11) is 0. The van der Waals surface area contributed by atoms with Crippen molar-refractivity contribution in [2.75, 3.05) is 0 Å². The highest BCUT2D eigenvalue weighted by Crippen LogP contribution is 2.22. The molecule has 1 rings (SSSR count). The third kappa shape index (κ3) is 2.95. The molecule has 88 valence electrons. The maximum Gasteiger partial charge on any atom is 0.339 e. The van der Waals surface area contributed by atoms with Crippen LogP contribution >= 0.6 is 0 Å². The summed E-state index contributed by atoms with van der Waals surface area (Å²) >= 11 is 0. The van der Waals surface area contributed by atoms with Crippen molar-refractivity contribution in [1.29, 1.82) is 0 Å².